The van der Waals surface area contributed by atoms with Gasteiger partial charge in [0, 0.05) is 19.0 Å². The number of ether oxygens (including phenoxy) is 1. The molecule has 0 aromatic carbocycles. The molecule has 0 aromatic heterocycles. The van der Waals surface area contributed by atoms with Crippen LogP contribution in [0.25, 0.3) is 0 Å². The molecule has 3 heteroatoms. The predicted molar refractivity (Wildman–Crippen MR) is 52.0 cm³/mol. The number of morpholine rings is 1. The van der Waals surface area contributed by atoms with E-state index in [9.17, 15) is 0 Å². The van der Waals surface area contributed by atoms with Crippen molar-refractivity contribution in [1.82, 2.24) is 4.90 Å². The summed E-state index contributed by atoms with van der Waals surface area (Å²) in [5.74, 6) is 1.35. The fourth-order valence-electron chi connectivity index (χ4n) is 1.96. The summed E-state index contributed by atoms with van der Waals surface area (Å²) in [6, 6.07) is 0. The Kier molecular flexibility index (Phi) is 2.06. The van der Waals surface area contributed by atoms with Crippen LogP contribution in [0.5, 0.6) is 0 Å². The highest BCUT2D eigenvalue weighted by molar-refractivity contribution is 5.85. The molecule has 1 heterocycles. The molecule has 1 atom stereocenters. The Bertz CT molecular complexity index is 219. The molecule has 0 bridgehead atoms. The molecule has 1 aliphatic heterocycles. The molecule has 13 heavy (non-hydrogen) atoms. The highest BCUT2D eigenvalue weighted by atomic mass is 16.5. The first-order valence-electron chi connectivity index (χ1n) is 5.02. The summed E-state index contributed by atoms with van der Waals surface area (Å²) < 4.78 is 5.26. The van der Waals surface area contributed by atoms with Gasteiger partial charge in [-0.1, -0.05) is 13.8 Å². The van der Waals surface area contributed by atoms with Crippen molar-refractivity contribution in [2.75, 3.05) is 26.3 Å². The van der Waals surface area contributed by atoms with Crippen LogP contribution in [0, 0.1) is 16.7 Å². The third kappa shape index (κ3) is 1.70. The maximum atomic E-state index is 8.03. The van der Waals surface area contributed by atoms with Crippen molar-refractivity contribution in [2.24, 2.45) is 11.3 Å². The minimum absolute atomic E-state index is 0.384. The average Bonchev–Trinajstić information content (AvgIpc) is 2.76. The van der Waals surface area contributed by atoms with Gasteiger partial charge in [0.1, 0.15) is 0 Å². The summed E-state index contributed by atoms with van der Waals surface area (Å²) in [4.78, 5) is 2.17. The van der Waals surface area contributed by atoms with E-state index in [2.05, 4.69) is 18.7 Å². The lowest BCUT2D eigenvalue weighted by Crippen LogP contribution is -2.41. The minimum Gasteiger partial charge on any atom is -0.378 e. The molecule has 3 nitrogen and oxygen atoms in total. The first-order valence-corrected chi connectivity index (χ1v) is 5.02. The second-order valence-electron chi connectivity index (χ2n) is 4.73. The van der Waals surface area contributed by atoms with Crippen molar-refractivity contribution in [3.8, 4) is 0 Å². The van der Waals surface area contributed by atoms with Gasteiger partial charge in [0.25, 0.3) is 0 Å². The maximum Gasteiger partial charge on any atom is 0.0996 e. The Morgan fingerprint density at radius 1 is 1.38 bits per heavy atom. The molecule has 1 aliphatic carbocycles. The Balaban J connectivity index is 1.90. The van der Waals surface area contributed by atoms with Crippen molar-refractivity contribution in [3.63, 3.8) is 0 Å². The van der Waals surface area contributed by atoms with Crippen molar-refractivity contribution >= 4 is 5.84 Å². The Hall–Kier alpha value is -0.570. The number of nitrogens with zero attached hydrogens (tertiary/aromatic N) is 1. The van der Waals surface area contributed by atoms with Crippen molar-refractivity contribution < 1.29 is 4.74 Å². The van der Waals surface area contributed by atoms with E-state index >= 15 is 0 Å². The zero-order chi connectivity index (χ0) is 9.47. The van der Waals surface area contributed by atoms with Gasteiger partial charge in [-0.05, 0) is 11.8 Å². The predicted octanol–water partition coefficient (Wildman–Crippen LogP) is 1.34. The molecule has 0 spiro atoms. The van der Waals surface area contributed by atoms with Gasteiger partial charge in [0.2, 0.25) is 0 Å². The third-order valence-corrected chi connectivity index (χ3v) is 3.20. The van der Waals surface area contributed by atoms with Crippen molar-refractivity contribution in [3.05, 3.63) is 0 Å². The number of hydrogen-bond donors (Lipinski definition) is 1. The number of hydrogen-bond acceptors (Lipinski definition) is 2. The Labute approximate surface area is 79.6 Å². The number of nitrogens with one attached hydrogen (secondary N) is 1. The molecule has 0 aromatic rings. The van der Waals surface area contributed by atoms with E-state index in [1.54, 1.807) is 0 Å². The van der Waals surface area contributed by atoms with Crippen LogP contribution in [0.15, 0.2) is 0 Å². The van der Waals surface area contributed by atoms with E-state index in [-0.39, 0.29) is 0 Å². The van der Waals surface area contributed by atoms with E-state index in [0.717, 1.165) is 32.1 Å². The molecule has 74 valence electrons. The van der Waals surface area contributed by atoms with Crippen LogP contribution in [0.2, 0.25) is 0 Å². The lowest BCUT2D eigenvalue weighted by atomic mass is 10.1. The Morgan fingerprint density at radius 2 is 1.92 bits per heavy atom. The Morgan fingerprint density at radius 3 is 2.38 bits per heavy atom. The van der Waals surface area contributed by atoms with Crippen LogP contribution in [-0.4, -0.2) is 37.0 Å². The topological polar surface area (TPSA) is 36.3 Å². The first-order chi connectivity index (χ1) is 6.11. The van der Waals surface area contributed by atoms with E-state index in [4.69, 9.17) is 10.1 Å². The summed E-state index contributed by atoms with van der Waals surface area (Å²) in [7, 11) is 0. The van der Waals surface area contributed by atoms with Gasteiger partial charge in [-0.2, -0.15) is 0 Å². The van der Waals surface area contributed by atoms with Crippen molar-refractivity contribution in [2.45, 2.75) is 20.3 Å². The van der Waals surface area contributed by atoms with Crippen LogP contribution in [0.4, 0.5) is 0 Å². The van der Waals surface area contributed by atoms with E-state index in [0.29, 0.717) is 11.3 Å². The SMILES string of the molecule is CC1(C)CC1C(=N)N1CCOCC1. The zero-order valence-electron chi connectivity index (χ0n) is 8.47. The van der Waals surface area contributed by atoms with Gasteiger partial charge < -0.3 is 9.64 Å². The minimum atomic E-state index is 0.384. The molecule has 0 amide bonds. The van der Waals surface area contributed by atoms with Gasteiger partial charge in [-0.3, -0.25) is 5.41 Å². The monoisotopic (exact) mass is 182 g/mol. The van der Waals surface area contributed by atoms with Gasteiger partial charge in [0.15, 0.2) is 0 Å². The molecule has 1 N–H and O–H groups in total. The fraction of sp³-hybridized carbons (Fsp3) is 0.900. The van der Waals surface area contributed by atoms with Gasteiger partial charge in [0.05, 0.1) is 19.0 Å². The molecular formula is C10H18N2O. The highest BCUT2D eigenvalue weighted by Gasteiger charge is 2.49. The molecule has 2 rings (SSSR count). The quantitative estimate of drug-likeness (QED) is 0.491. The molecule has 0 radical (unpaired) electrons. The van der Waals surface area contributed by atoms with Gasteiger partial charge >= 0.3 is 0 Å². The number of rotatable bonds is 1. The fourth-order valence-corrected chi connectivity index (χ4v) is 1.96. The number of amidine groups is 1. The van der Waals surface area contributed by atoms with Crippen molar-refractivity contribution in [1.29, 1.82) is 5.41 Å². The first kappa shape index (κ1) is 9.00. The van der Waals surface area contributed by atoms with Gasteiger partial charge in [-0.25, -0.2) is 0 Å². The van der Waals surface area contributed by atoms with Crippen LogP contribution in [0.3, 0.4) is 0 Å². The normalized spacial score (nSPS) is 31.5. The van der Waals surface area contributed by atoms with Crippen LogP contribution in [-0.2, 0) is 4.74 Å². The molecule has 2 fully saturated rings. The second kappa shape index (κ2) is 2.98. The summed E-state index contributed by atoms with van der Waals surface area (Å²) in [6.45, 7) is 7.88. The van der Waals surface area contributed by atoms with Crippen LogP contribution in [0.1, 0.15) is 20.3 Å². The van der Waals surface area contributed by atoms with E-state index in [1.807, 2.05) is 0 Å². The zero-order valence-corrected chi connectivity index (χ0v) is 8.47. The van der Waals surface area contributed by atoms with Gasteiger partial charge in [-0.15, -0.1) is 0 Å². The summed E-state index contributed by atoms with van der Waals surface area (Å²) in [6.07, 6.45) is 1.18. The lowest BCUT2D eigenvalue weighted by Gasteiger charge is -2.29. The van der Waals surface area contributed by atoms with Crippen LogP contribution < -0.4 is 0 Å². The van der Waals surface area contributed by atoms with E-state index < -0.39 is 0 Å². The largest absolute Gasteiger partial charge is 0.378 e. The molecule has 1 saturated carbocycles. The van der Waals surface area contributed by atoms with E-state index in [1.165, 1.54) is 6.42 Å². The molecule has 1 saturated heterocycles. The molecule has 1 unspecified atom stereocenters. The summed E-state index contributed by atoms with van der Waals surface area (Å²) in [5.41, 5.74) is 0.384. The lowest BCUT2D eigenvalue weighted by molar-refractivity contribution is 0.0662. The smallest absolute Gasteiger partial charge is 0.0996 e. The average molecular weight is 182 g/mol. The summed E-state index contributed by atoms with van der Waals surface area (Å²) in [5, 5.41) is 8.03. The maximum absolute atomic E-state index is 8.03. The summed E-state index contributed by atoms with van der Waals surface area (Å²) >= 11 is 0. The standard InChI is InChI=1S/C10H18N2O/c1-10(2)7-8(10)9(11)12-3-5-13-6-4-12/h8,11H,3-7H2,1-2H3. The molecular weight excluding hydrogens is 164 g/mol. The highest BCUT2D eigenvalue weighted by Crippen LogP contribution is 2.52. The second-order valence-corrected chi connectivity index (χ2v) is 4.73. The molecule has 2 aliphatic rings. The third-order valence-electron chi connectivity index (χ3n) is 3.20. The van der Waals surface area contributed by atoms with Crippen LogP contribution >= 0.6 is 0 Å².